The quantitative estimate of drug-likeness (QED) is 0.394. The highest BCUT2D eigenvalue weighted by molar-refractivity contribution is 5.93. The molecule has 4 aromatic rings. The first-order chi connectivity index (χ1) is 18.7. The minimum absolute atomic E-state index is 0.234. The first-order valence-electron chi connectivity index (χ1n) is 13.4. The fraction of sp³-hybridized carbons (Fsp3) is 0.367. The van der Waals surface area contributed by atoms with Crippen LogP contribution in [0, 0.1) is 20.8 Å². The Morgan fingerprint density at radius 3 is 2.31 bits per heavy atom. The number of aromatic nitrogens is 3. The molecule has 2 aliphatic heterocycles. The smallest absolute Gasteiger partial charge is 0.262 e. The van der Waals surface area contributed by atoms with Gasteiger partial charge in [0, 0.05) is 77.9 Å². The van der Waals surface area contributed by atoms with Crippen molar-refractivity contribution in [1.29, 1.82) is 0 Å². The van der Waals surface area contributed by atoms with E-state index in [1.54, 1.807) is 4.90 Å². The van der Waals surface area contributed by atoms with E-state index in [0.717, 1.165) is 45.1 Å². The molecule has 39 heavy (non-hydrogen) atoms. The summed E-state index contributed by atoms with van der Waals surface area (Å²) in [5.41, 5.74) is 8.63. The summed E-state index contributed by atoms with van der Waals surface area (Å²) in [6, 6.07) is 13.9. The number of amides is 1. The Morgan fingerprint density at radius 2 is 1.67 bits per heavy atom. The van der Waals surface area contributed by atoms with Gasteiger partial charge in [-0.05, 0) is 62.2 Å². The Morgan fingerprint density at radius 1 is 0.949 bits per heavy atom. The molecule has 5 heterocycles. The third-order valence-corrected chi connectivity index (χ3v) is 7.83. The summed E-state index contributed by atoms with van der Waals surface area (Å²) < 4.78 is 27.0. The van der Waals surface area contributed by atoms with Gasteiger partial charge in [-0.15, -0.1) is 0 Å². The van der Waals surface area contributed by atoms with Gasteiger partial charge in [-0.3, -0.25) is 15.1 Å². The second-order valence-electron chi connectivity index (χ2n) is 10.7. The highest BCUT2D eigenvalue weighted by Crippen LogP contribution is 2.33. The van der Waals surface area contributed by atoms with E-state index >= 15 is 0 Å². The Labute approximate surface area is 226 Å². The number of H-pyrrole nitrogens is 1. The van der Waals surface area contributed by atoms with Crippen molar-refractivity contribution in [2.24, 2.45) is 0 Å². The number of anilines is 1. The molecule has 2 aliphatic rings. The van der Waals surface area contributed by atoms with Crippen LogP contribution in [0.25, 0.3) is 33.3 Å². The first-order valence-corrected chi connectivity index (χ1v) is 13.4. The van der Waals surface area contributed by atoms with Crippen LogP contribution in [0.2, 0.25) is 0 Å². The van der Waals surface area contributed by atoms with E-state index in [1.807, 2.05) is 26.1 Å². The van der Waals surface area contributed by atoms with Crippen molar-refractivity contribution < 1.29 is 13.6 Å². The van der Waals surface area contributed by atoms with Crippen LogP contribution in [-0.2, 0) is 4.79 Å². The van der Waals surface area contributed by atoms with E-state index in [0.29, 0.717) is 26.2 Å². The maximum absolute atomic E-state index is 13.5. The highest BCUT2D eigenvalue weighted by atomic mass is 19.3. The normalized spacial score (nSPS) is 19.2. The molecule has 0 bridgehead atoms. The van der Waals surface area contributed by atoms with E-state index in [4.69, 9.17) is 4.98 Å². The summed E-state index contributed by atoms with van der Waals surface area (Å²) in [5, 5.41) is 3.85. The van der Waals surface area contributed by atoms with E-state index in [2.05, 4.69) is 63.5 Å². The largest absolute Gasteiger partial charge is 0.354 e. The summed E-state index contributed by atoms with van der Waals surface area (Å²) in [5.74, 6) is -2.20. The first kappa shape index (κ1) is 25.4. The van der Waals surface area contributed by atoms with E-state index in [-0.39, 0.29) is 5.91 Å². The number of piperazine rings is 1. The molecule has 9 heteroatoms. The lowest BCUT2D eigenvalue weighted by Gasteiger charge is -2.36. The minimum Gasteiger partial charge on any atom is -0.354 e. The van der Waals surface area contributed by atoms with Gasteiger partial charge in [0.2, 0.25) is 5.91 Å². The Bertz CT molecular complexity index is 1520. The van der Waals surface area contributed by atoms with Crippen molar-refractivity contribution in [3.8, 4) is 22.4 Å². The molecule has 0 aliphatic carbocycles. The second kappa shape index (κ2) is 9.72. The molecule has 2 N–H and O–H groups in total. The molecule has 0 unspecified atom stereocenters. The van der Waals surface area contributed by atoms with Crippen LogP contribution >= 0.6 is 0 Å². The lowest BCUT2D eigenvalue weighted by Crippen LogP contribution is -2.53. The molecular formula is C30H32F2N6O. The maximum atomic E-state index is 13.5. The summed E-state index contributed by atoms with van der Waals surface area (Å²) in [6.45, 7) is 7.96. The average Bonchev–Trinajstić information content (AvgIpc) is 3.46. The van der Waals surface area contributed by atoms with Gasteiger partial charge in [-0.2, -0.15) is 0 Å². The number of hydrogen-bond donors (Lipinski definition) is 2. The molecule has 1 amide bonds. The minimum atomic E-state index is -2.81. The number of fused-ring (bicyclic) bond motifs is 1. The predicted octanol–water partition coefficient (Wildman–Crippen LogP) is 4.86. The standard InChI is InChI=1S/C30H32F2N6O/c1-18-12-23(13-19(2)35-18)28-20(3)24-6-4-21(14-25(24)36-28)22-5-7-27(33-16-22)37-8-10-38(11-9-37)29(39)26-15-30(31,32)17-34-26/h4-7,12-14,16,26,34,36H,8-11,15,17H2,1-3H3/t26-/m0/s1. The molecule has 3 aromatic heterocycles. The molecule has 0 spiro atoms. The molecule has 6 rings (SSSR count). The number of carbonyl (C=O) groups excluding carboxylic acids is 1. The number of nitrogens with one attached hydrogen (secondary N) is 2. The number of nitrogens with zero attached hydrogens (tertiary/aromatic N) is 4. The monoisotopic (exact) mass is 530 g/mol. The van der Waals surface area contributed by atoms with Gasteiger partial charge in [0.15, 0.2) is 0 Å². The number of hydrogen-bond acceptors (Lipinski definition) is 5. The van der Waals surface area contributed by atoms with Crippen molar-refractivity contribution in [1.82, 2.24) is 25.2 Å². The molecular weight excluding hydrogens is 498 g/mol. The fourth-order valence-corrected chi connectivity index (χ4v) is 5.80. The molecule has 1 atom stereocenters. The van der Waals surface area contributed by atoms with E-state index in [9.17, 15) is 13.6 Å². The van der Waals surface area contributed by atoms with Crippen molar-refractivity contribution in [2.45, 2.75) is 39.2 Å². The van der Waals surface area contributed by atoms with Crippen molar-refractivity contribution >= 4 is 22.6 Å². The van der Waals surface area contributed by atoms with Crippen LogP contribution in [0.3, 0.4) is 0 Å². The molecule has 2 fully saturated rings. The number of aromatic amines is 1. The number of carbonyl (C=O) groups is 1. The third kappa shape index (κ3) is 4.98. The molecule has 202 valence electrons. The summed E-state index contributed by atoms with van der Waals surface area (Å²) in [6.07, 6.45) is 1.46. The van der Waals surface area contributed by atoms with Crippen LogP contribution in [-0.4, -0.2) is 70.4 Å². The molecule has 0 radical (unpaired) electrons. The van der Waals surface area contributed by atoms with E-state index < -0.39 is 24.9 Å². The van der Waals surface area contributed by atoms with Gasteiger partial charge in [-0.25, -0.2) is 13.8 Å². The average molecular weight is 531 g/mol. The predicted molar refractivity (Wildman–Crippen MR) is 149 cm³/mol. The summed E-state index contributed by atoms with van der Waals surface area (Å²) in [7, 11) is 0. The zero-order valence-electron chi connectivity index (χ0n) is 22.4. The third-order valence-electron chi connectivity index (χ3n) is 7.83. The van der Waals surface area contributed by atoms with Crippen LogP contribution in [0.4, 0.5) is 14.6 Å². The lowest BCUT2D eigenvalue weighted by atomic mass is 10.0. The maximum Gasteiger partial charge on any atom is 0.262 e. The van der Waals surface area contributed by atoms with Gasteiger partial charge in [-0.1, -0.05) is 12.1 Å². The van der Waals surface area contributed by atoms with Gasteiger partial charge in [0.25, 0.3) is 5.92 Å². The van der Waals surface area contributed by atoms with Gasteiger partial charge in [0.05, 0.1) is 12.6 Å². The highest BCUT2D eigenvalue weighted by Gasteiger charge is 2.43. The van der Waals surface area contributed by atoms with Crippen LogP contribution in [0.5, 0.6) is 0 Å². The SMILES string of the molecule is Cc1cc(-c2[nH]c3cc(-c4ccc(N5CCN(C(=O)[C@@H]6CC(F)(F)CN6)CC5)nc4)ccc3c2C)cc(C)n1. The second-order valence-corrected chi connectivity index (χ2v) is 10.7. The number of pyridine rings is 2. The number of benzene rings is 1. The summed E-state index contributed by atoms with van der Waals surface area (Å²) >= 11 is 0. The van der Waals surface area contributed by atoms with Gasteiger partial charge < -0.3 is 14.8 Å². The fourth-order valence-electron chi connectivity index (χ4n) is 5.80. The molecule has 1 aromatic carbocycles. The Balaban J connectivity index is 1.15. The number of alkyl halides is 2. The van der Waals surface area contributed by atoms with E-state index in [1.165, 1.54) is 10.9 Å². The number of halogens is 2. The van der Waals surface area contributed by atoms with Crippen molar-refractivity contribution in [3.63, 3.8) is 0 Å². The van der Waals surface area contributed by atoms with Crippen LogP contribution in [0.15, 0.2) is 48.7 Å². The molecule has 2 saturated heterocycles. The summed E-state index contributed by atoms with van der Waals surface area (Å²) in [4.78, 5) is 29.3. The molecule has 0 saturated carbocycles. The number of aryl methyl sites for hydroxylation is 3. The Kier molecular flexibility index (Phi) is 6.33. The van der Waals surface area contributed by atoms with Crippen molar-refractivity contribution in [2.75, 3.05) is 37.6 Å². The van der Waals surface area contributed by atoms with Gasteiger partial charge >= 0.3 is 0 Å². The zero-order valence-corrected chi connectivity index (χ0v) is 22.4. The Hall–Kier alpha value is -3.85. The van der Waals surface area contributed by atoms with Crippen LogP contribution < -0.4 is 10.2 Å². The van der Waals surface area contributed by atoms with Gasteiger partial charge in [0.1, 0.15) is 5.82 Å². The topological polar surface area (TPSA) is 77.2 Å². The van der Waals surface area contributed by atoms with Crippen LogP contribution in [0.1, 0.15) is 23.4 Å². The lowest BCUT2D eigenvalue weighted by molar-refractivity contribution is -0.134. The number of rotatable bonds is 4. The van der Waals surface area contributed by atoms with Crippen molar-refractivity contribution in [3.05, 3.63) is 65.6 Å². The zero-order chi connectivity index (χ0) is 27.3. The molecule has 7 nitrogen and oxygen atoms in total.